The number of H-pyrrole nitrogens is 1. The summed E-state index contributed by atoms with van der Waals surface area (Å²) in [6.07, 6.45) is 0. The van der Waals surface area contributed by atoms with Crippen molar-refractivity contribution < 1.29 is 9.59 Å². The van der Waals surface area contributed by atoms with E-state index in [1.165, 1.54) is 16.2 Å². The van der Waals surface area contributed by atoms with E-state index in [0.29, 0.717) is 30.8 Å². The summed E-state index contributed by atoms with van der Waals surface area (Å²) in [6, 6.07) is 3.69. The third-order valence-corrected chi connectivity index (χ3v) is 7.41. The fraction of sp³-hybridized carbons (Fsp3) is 0.400. The minimum absolute atomic E-state index is 0.0993. The van der Waals surface area contributed by atoms with Crippen molar-refractivity contribution in [3.05, 3.63) is 39.1 Å². The van der Waals surface area contributed by atoms with Gasteiger partial charge in [-0.1, -0.05) is 6.07 Å². The van der Waals surface area contributed by atoms with Gasteiger partial charge in [0.2, 0.25) is 5.91 Å². The summed E-state index contributed by atoms with van der Waals surface area (Å²) in [5, 5.41) is 7.31. The summed E-state index contributed by atoms with van der Waals surface area (Å²) in [4.78, 5) is 51.8. The van der Waals surface area contributed by atoms with Crippen LogP contribution in [0.4, 0.5) is 4.79 Å². The van der Waals surface area contributed by atoms with Gasteiger partial charge in [0, 0.05) is 55.1 Å². The molecule has 0 unspecified atom stereocenters. The second-order valence-electron chi connectivity index (χ2n) is 7.65. The number of carbonyl (C=O) groups is 2. The lowest BCUT2D eigenvalue weighted by Crippen LogP contribution is -2.50. The molecule has 5 heterocycles. The molecule has 2 fully saturated rings. The molecule has 31 heavy (non-hydrogen) atoms. The molecule has 0 radical (unpaired) electrons. The second kappa shape index (κ2) is 8.50. The van der Waals surface area contributed by atoms with Crippen molar-refractivity contribution in [2.24, 2.45) is 0 Å². The van der Waals surface area contributed by atoms with Crippen molar-refractivity contribution in [3.8, 4) is 10.4 Å². The summed E-state index contributed by atoms with van der Waals surface area (Å²) in [5.41, 5.74) is 0.845. The van der Waals surface area contributed by atoms with Crippen molar-refractivity contribution in [3.63, 3.8) is 0 Å². The van der Waals surface area contributed by atoms with E-state index in [0.717, 1.165) is 41.5 Å². The molecule has 2 aliphatic rings. The number of aromatic nitrogens is 2. The maximum atomic E-state index is 12.8. The molecule has 0 bridgehead atoms. The Morgan fingerprint density at radius 3 is 2.61 bits per heavy atom. The van der Waals surface area contributed by atoms with Gasteiger partial charge in [0.05, 0.1) is 18.5 Å². The Hall–Kier alpha value is -2.60. The molecule has 3 amide bonds. The van der Waals surface area contributed by atoms with Gasteiger partial charge in [-0.3, -0.25) is 24.3 Å². The van der Waals surface area contributed by atoms with Gasteiger partial charge in [-0.15, -0.1) is 22.7 Å². The topological polar surface area (TPSA) is 102 Å². The van der Waals surface area contributed by atoms with Crippen LogP contribution in [0.25, 0.3) is 20.7 Å². The highest BCUT2D eigenvalue weighted by Crippen LogP contribution is 2.33. The number of urea groups is 1. The van der Waals surface area contributed by atoms with Gasteiger partial charge in [-0.2, -0.15) is 0 Å². The molecule has 0 spiro atoms. The van der Waals surface area contributed by atoms with Gasteiger partial charge >= 0.3 is 6.03 Å². The summed E-state index contributed by atoms with van der Waals surface area (Å²) in [7, 11) is 0. The minimum Gasteiger partial charge on any atom is -0.336 e. The van der Waals surface area contributed by atoms with Crippen molar-refractivity contribution in [1.29, 1.82) is 0 Å². The number of imide groups is 1. The zero-order valence-electron chi connectivity index (χ0n) is 16.8. The average molecular weight is 459 g/mol. The number of nitrogens with one attached hydrogen (secondary N) is 2. The van der Waals surface area contributed by atoms with Crippen LogP contribution >= 0.6 is 22.7 Å². The van der Waals surface area contributed by atoms with Gasteiger partial charge in [0.1, 0.15) is 10.7 Å². The smallest absolute Gasteiger partial charge is 0.324 e. The number of hydrogen-bond donors (Lipinski definition) is 2. The maximum absolute atomic E-state index is 12.8. The van der Waals surface area contributed by atoms with Crippen molar-refractivity contribution in [2.75, 3.05) is 45.8 Å². The summed E-state index contributed by atoms with van der Waals surface area (Å²) >= 11 is 3.11. The van der Waals surface area contributed by atoms with Crippen LogP contribution in [0, 0.1) is 0 Å². The standard InChI is InChI=1S/C20H22N6O3S2/c27-16(26-4-3-21-20(26)29)11-25-7-5-24(6-8-25)10-15-22-18(28)17-13(12-31-19(17)23-15)14-2-1-9-30-14/h1-2,9,12H,3-8,10-11H2,(H,21,29)(H,22,23,28). The molecule has 162 valence electrons. The zero-order chi connectivity index (χ0) is 21.4. The van der Waals surface area contributed by atoms with Gasteiger partial charge < -0.3 is 10.3 Å². The monoisotopic (exact) mass is 458 g/mol. The first kappa shape index (κ1) is 20.3. The molecule has 0 aromatic carbocycles. The zero-order valence-corrected chi connectivity index (χ0v) is 18.4. The largest absolute Gasteiger partial charge is 0.336 e. The maximum Gasteiger partial charge on any atom is 0.324 e. The van der Waals surface area contributed by atoms with Crippen LogP contribution in [-0.2, 0) is 11.3 Å². The number of aromatic amines is 1. The molecular weight excluding hydrogens is 436 g/mol. The minimum atomic E-state index is -0.301. The Labute approximate surface area is 186 Å². The van der Waals surface area contributed by atoms with Crippen LogP contribution in [0.15, 0.2) is 27.7 Å². The van der Waals surface area contributed by atoms with Crippen LogP contribution in [-0.4, -0.2) is 82.4 Å². The van der Waals surface area contributed by atoms with E-state index in [1.807, 2.05) is 22.9 Å². The number of fused-ring (bicyclic) bond motifs is 1. The van der Waals surface area contributed by atoms with E-state index in [1.54, 1.807) is 11.3 Å². The van der Waals surface area contributed by atoms with E-state index in [2.05, 4.69) is 20.1 Å². The Morgan fingerprint density at radius 1 is 1.10 bits per heavy atom. The first-order valence-corrected chi connectivity index (χ1v) is 11.9. The predicted molar refractivity (Wildman–Crippen MR) is 120 cm³/mol. The molecule has 3 aromatic heterocycles. The molecule has 9 nitrogen and oxygen atoms in total. The van der Waals surface area contributed by atoms with Gasteiger partial charge in [0.15, 0.2) is 0 Å². The number of piperazine rings is 1. The van der Waals surface area contributed by atoms with Crippen molar-refractivity contribution in [1.82, 2.24) is 30.0 Å². The highest BCUT2D eigenvalue weighted by atomic mass is 32.1. The Balaban J connectivity index is 1.21. The van der Waals surface area contributed by atoms with E-state index in [-0.39, 0.29) is 24.0 Å². The van der Waals surface area contributed by atoms with Crippen molar-refractivity contribution in [2.45, 2.75) is 6.54 Å². The first-order chi connectivity index (χ1) is 15.1. The first-order valence-electron chi connectivity index (χ1n) is 10.2. The molecule has 2 N–H and O–H groups in total. The molecular formula is C20H22N6O3S2. The lowest BCUT2D eigenvalue weighted by molar-refractivity contribution is -0.129. The summed E-state index contributed by atoms with van der Waals surface area (Å²) < 4.78 is 0. The number of amides is 3. The number of carbonyl (C=O) groups excluding carboxylic acids is 2. The number of thiophene rings is 2. The van der Waals surface area contributed by atoms with E-state index >= 15 is 0 Å². The van der Waals surface area contributed by atoms with E-state index in [4.69, 9.17) is 4.98 Å². The molecule has 0 atom stereocenters. The van der Waals surface area contributed by atoms with Crippen LogP contribution in [0.1, 0.15) is 5.82 Å². The van der Waals surface area contributed by atoms with E-state index < -0.39 is 0 Å². The highest BCUT2D eigenvalue weighted by Gasteiger charge is 2.28. The third-order valence-electron chi connectivity index (χ3n) is 5.63. The molecule has 2 saturated heterocycles. The van der Waals surface area contributed by atoms with Gasteiger partial charge in [-0.25, -0.2) is 9.78 Å². The Bertz CT molecular complexity index is 1160. The fourth-order valence-corrected chi connectivity index (χ4v) is 5.77. The normalized spacial score (nSPS) is 18.1. The second-order valence-corrected chi connectivity index (χ2v) is 9.45. The van der Waals surface area contributed by atoms with Crippen LogP contribution in [0.2, 0.25) is 0 Å². The molecule has 5 rings (SSSR count). The third kappa shape index (κ3) is 4.13. The Morgan fingerprint density at radius 2 is 1.90 bits per heavy atom. The number of nitrogens with zero attached hydrogens (tertiary/aromatic N) is 4. The van der Waals surface area contributed by atoms with Crippen LogP contribution in [0.3, 0.4) is 0 Å². The van der Waals surface area contributed by atoms with Crippen LogP contribution in [0.5, 0.6) is 0 Å². The number of rotatable bonds is 5. The predicted octanol–water partition coefficient (Wildman–Crippen LogP) is 1.38. The van der Waals surface area contributed by atoms with Gasteiger partial charge in [-0.05, 0) is 11.4 Å². The van der Waals surface area contributed by atoms with Crippen LogP contribution < -0.4 is 10.9 Å². The summed E-state index contributed by atoms with van der Waals surface area (Å²) in [5.74, 6) is 0.509. The fourth-order valence-electron chi connectivity index (χ4n) is 3.99. The molecule has 0 saturated carbocycles. The summed E-state index contributed by atoms with van der Waals surface area (Å²) in [6.45, 7) is 4.78. The quantitative estimate of drug-likeness (QED) is 0.599. The van der Waals surface area contributed by atoms with Crippen molar-refractivity contribution >= 4 is 44.8 Å². The lowest BCUT2D eigenvalue weighted by Gasteiger charge is -2.34. The molecule has 0 aliphatic carbocycles. The SMILES string of the molecule is O=C(CN1CCN(Cc2nc3scc(-c4cccs4)c3c(=O)[nH]2)CC1)N1CCNC1=O. The average Bonchev–Trinajstić information content (AvgIpc) is 3.49. The Kier molecular flexibility index (Phi) is 5.57. The van der Waals surface area contributed by atoms with E-state index in [9.17, 15) is 14.4 Å². The molecule has 2 aliphatic heterocycles. The van der Waals surface area contributed by atoms with Gasteiger partial charge in [0.25, 0.3) is 5.56 Å². The molecule has 11 heteroatoms. The molecule has 3 aromatic rings. The number of hydrogen-bond acceptors (Lipinski definition) is 8. The highest BCUT2D eigenvalue weighted by molar-refractivity contribution is 7.18. The lowest BCUT2D eigenvalue weighted by atomic mass is 10.2.